The minimum atomic E-state index is -4.39. The van der Waals surface area contributed by atoms with Crippen LogP contribution in [0.1, 0.15) is 28.2 Å². The molecule has 3 heterocycles. The van der Waals surface area contributed by atoms with Crippen molar-refractivity contribution in [1.82, 2.24) is 10.1 Å². The topological polar surface area (TPSA) is 55.6 Å². The third-order valence-electron chi connectivity index (χ3n) is 3.45. The lowest BCUT2D eigenvalue weighted by molar-refractivity contribution is -0.199. The average Bonchev–Trinajstić information content (AvgIpc) is 2.68. The molecule has 1 amide bonds. The van der Waals surface area contributed by atoms with Gasteiger partial charge in [0, 0.05) is 13.0 Å². The first-order valence-corrected chi connectivity index (χ1v) is 5.91. The number of carbonyl (C=O) groups excluding carboxylic acids is 1. The maximum absolute atomic E-state index is 12.6. The summed E-state index contributed by atoms with van der Waals surface area (Å²) in [6.07, 6.45) is -3.97. The molecule has 2 aliphatic heterocycles. The lowest BCUT2D eigenvalue weighted by Crippen LogP contribution is -2.58. The molecule has 0 spiro atoms. The highest BCUT2D eigenvalue weighted by atomic mass is 19.4. The quantitative estimate of drug-likeness (QED) is 0.780. The molecule has 1 saturated heterocycles. The van der Waals surface area contributed by atoms with E-state index < -0.39 is 18.1 Å². The summed E-state index contributed by atoms with van der Waals surface area (Å²) in [5.41, 5.74) is 0.424. The first kappa shape index (κ1) is 12.5. The molecule has 1 aromatic heterocycles. The zero-order valence-corrected chi connectivity index (χ0v) is 9.87. The minimum Gasteiger partial charge on any atom is -0.376 e. The number of halogens is 3. The minimum absolute atomic E-state index is 0.0522. The molecule has 1 unspecified atom stereocenters. The van der Waals surface area contributed by atoms with Gasteiger partial charge < -0.3 is 14.2 Å². The fourth-order valence-electron chi connectivity index (χ4n) is 2.30. The highest BCUT2D eigenvalue weighted by Crippen LogP contribution is 2.35. The summed E-state index contributed by atoms with van der Waals surface area (Å²) >= 11 is 0. The van der Waals surface area contributed by atoms with Gasteiger partial charge in [-0.05, 0) is 6.42 Å². The lowest BCUT2D eigenvalue weighted by Gasteiger charge is -2.41. The summed E-state index contributed by atoms with van der Waals surface area (Å²) in [5.74, 6) is -0.206. The number of aromatic nitrogens is 1. The van der Waals surface area contributed by atoms with Crippen LogP contribution in [0.2, 0.25) is 0 Å². The second-order valence-corrected chi connectivity index (χ2v) is 4.58. The van der Waals surface area contributed by atoms with E-state index in [1.54, 1.807) is 0 Å². The summed E-state index contributed by atoms with van der Waals surface area (Å²) in [7, 11) is 0. The van der Waals surface area contributed by atoms with E-state index in [1.165, 1.54) is 0 Å². The summed E-state index contributed by atoms with van der Waals surface area (Å²) < 4.78 is 48.1. The van der Waals surface area contributed by atoms with Crippen molar-refractivity contribution in [3.05, 3.63) is 17.0 Å². The van der Waals surface area contributed by atoms with E-state index in [4.69, 9.17) is 9.26 Å². The van der Waals surface area contributed by atoms with Crippen molar-refractivity contribution in [2.75, 3.05) is 13.2 Å². The van der Waals surface area contributed by atoms with Crippen LogP contribution in [0.4, 0.5) is 13.2 Å². The normalized spacial score (nSPS) is 22.9. The molecule has 1 aromatic rings. The lowest BCUT2D eigenvalue weighted by atomic mass is 10.0. The van der Waals surface area contributed by atoms with Gasteiger partial charge in [-0.25, -0.2) is 0 Å². The summed E-state index contributed by atoms with van der Waals surface area (Å²) in [6.45, 7) is 0.709. The van der Waals surface area contributed by atoms with Gasteiger partial charge >= 0.3 is 6.18 Å². The number of rotatable bonds is 1. The fourth-order valence-corrected chi connectivity index (χ4v) is 2.30. The largest absolute Gasteiger partial charge is 0.408 e. The molecular formula is C11H11F3N2O3. The van der Waals surface area contributed by atoms with Gasteiger partial charge in [-0.15, -0.1) is 0 Å². The van der Waals surface area contributed by atoms with E-state index in [1.807, 2.05) is 0 Å². The molecular weight excluding hydrogens is 265 g/mol. The van der Waals surface area contributed by atoms with Crippen molar-refractivity contribution in [1.29, 1.82) is 0 Å². The molecule has 19 heavy (non-hydrogen) atoms. The summed E-state index contributed by atoms with van der Waals surface area (Å²) in [4.78, 5) is 12.8. The first-order chi connectivity index (χ1) is 8.98. The number of carbonyl (C=O) groups is 1. The zero-order valence-electron chi connectivity index (χ0n) is 9.87. The van der Waals surface area contributed by atoms with Crippen LogP contribution in [0.15, 0.2) is 4.52 Å². The Kier molecular flexibility index (Phi) is 2.77. The van der Waals surface area contributed by atoms with Gasteiger partial charge in [0.25, 0.3) is 5.91 Å². The Morgan fingerprint density at radius 2 is 2.21 bits per heavy atom. The van der Waals surface area contributed by atoms with Gasteiger partial charge in [0.05, 0.1) is 18.8 Å². The smallest absolute Gasteiger partial charge is 0.376 e. The van der Waals surface area contributed by atoms with Crippen molar-refractivity contribution in [3.8, 4) is 0 Å². The Labute approximate surface area is 106 Å². The van der Waals surface area contributed by atoms with Crippen LogP contribution < -0.4 is 0 Å². The number of likely N-dealkylation sites (tertiary alicyclic amines) is 1. The van der Waals surface area contributed by atoms with Gasteiger partial charge in [0.2, 0.25) is 0 Å². The van der Waals surface area contributed by atoms with Crippen LogP contribution in [0.5, 0.6) is 0 Å². The molecule has 2 aliphatic rings. The molecule has 0 N–H and O–H groups in total. The van der Waals surface area contributed by atoms with Crippen LogP contribution in [-0.2, 0) is 17.8 Å². The molecule has 0 aliphatic carbocycles. The number of alkyl halides is 3. The van der Waals surface area contributed by atoms with E-state index in [2.05, 4.69) is 5.16 Å². The van der Waals surface area contributed by atoms with Crippen molar-refractivity contribution in [3.63, 3.8) is 0 Å². The van der Waals surface area contributed by atoms with Crippen LogP contribution in [0.3, 0.4) is 0 Å². The second kappa shape index (κ2) is 4.22. The Morgan fingerprint density at radius 3 is 2.84 bits per heavy atom. The highest BCUT2D eigenvalue weighted by Gasteiger charge is 2.51. The number of hydrogen-bond acceptors (Lipinski definition) is 4. The van der Waals surface area contributed by atoms with Gasteiger partial charge in [0.15, 0.2) is 5.69 Å². The van der Waals surface area contributed by atoms with E-state index in [9.17, 15) is 18.0 Å². The maximum atomic E-state index is 12.6. The Morgan fingerprint density at radius 1 is 1.42 bits per heavy atom. The molecule has 0 radical (unpaired) electrons. The second-order valence-electron chi connectivity index (χ2n) is 4.58. The molecule has 1 fully saturated rings. The van der Waals surface area contributed by atoms with E-state index in [0.29, 0.717) is 24.4 Å². The molecule has 0 bridgehead atoms. The highest BCUT2D eigenvalue weighted by molar-refractivity contribution is 5.94. The standard InChI is InChI=1S/C11H11F3N2O3/c12-11(13,14)8-1-3-16(8)10(17)9-6-5-18-4-2-7(6)19-15-9/h8H,1-5H2. The molecule has 1 atom stereocenters. The summed E-state index contributed by atoms with van der Waals surface area (Å²) in [6, 6.07) is -1.71. The number of fused-ring (bicyclic) bond motifs is 1. The summed E-state index contributed by atoms with van der Waals surface area (Å²) in [5, 5.41) is 3.60. The number of ether oxygens (including phenoxy) is 1. The number of nitrogens with zero attached hydrogens (tertiary/aromatic N) is 2. The predicted octanol–water partition coefficient (Wildman–Crippen LogP) is 1.52. The molecule has 3 rings (SSSR count). The van der Waals surface area contributed by atoms with Gasteiger partial charge in [-0.1, -0.05) is 5.16 Å². The number of hydrogen-bond donors (Lipinski definition) is 0. The van der Waals surface area contributed by atoms with E-state index >= 15 is 0 Å². The third-order valence-corrected chi connectivity index (χ3v) is 3.45. The van der Waals surface area contributed by atoms with Crippen LogP contribution in [-0.4, -0.2) is 41.3 Å². The Balaban J connectivity index is 1.83. The molecule has 104 valence electrons. The molecule has 5 nitrogen and oxygen atoms in total. The first-order valence-electron chi connectivity index (χ1n) is 5.91. The molecule has 0 saturated carbocycles. The fraction of sp³-hybridized carbons (Fsp3) is 0.636. The van der Waals surface area contributed by atoms with Crippen molar-refractivity contribution >= 4 is 5.91 Å². The Bertz CT molecular complexity index is 512. The predicted molar refractivity (Wildman–Crippen MR) is 55.4 cm³/mol. The van der Waals surface area contributed by atoms with Crippen molar-refractivity contribution in [2.45, 2.75) is 31.7 Å². The van der Waals surface area contributed by atoms with Gasteiger partial charge in [-0.2, -0.15) is 13.2 Å². The number of amides is 1. The van der Waals surface area contributed by atoms with Crippen LogP contribution >= 0.6 is 0 Å². The van der Waals surface area contributed by atoms with E-state index in [-0.39, 0.29) is 25.3 Å². The molecule has 8 heteroatoms. The third kappa shape index (κ3) is 1.99. The monoisotopic (exact) mass is 276 g/mol. The van der Waals surface area contributed by atoms with Crippen molar-refractivity contribution < 1.29 is 27.2 Å². The Hall–Kier alpha value is -1.57. The average molecular weight is 276 g/mol. The maximum Gasteiger partial charge on any atom is 0.408 e. The zero-order chi connectivity index (χ0) is 13.6. The SMILES string of the molecule is O=C(c1noc2c1COCC2)N1CCC1C(F)(F)F. The van der Waals surface area contributed by atoms with Crippen LogP contribution in [0, 0.1) is 0 Å². The van der Waals surface area contributed by atoms with Crippen molar-refractivity contribution in [2.24, 2.45) is 0 Å². The van der Waals surface area contributed by atoms with Crippen LogP contribution in [0.25, 0.3) is 0 Å². The molecule has 0 aromatic carbocycles. The van der Waals surface area contributed by atoms with Gasteiger partial charge in [-0.3, -0.25) is 4.79 Å². The van der Waals surface area contributed by atoms with Gasteiger partial charge in [0.1, 0.15) is 11.8 Å². The van der Waals surface area contributed by atoms with E-state index in [0.717, 1.165) is 4.90 Å².